The monoisotopic (exact) mass is 375 g/mol. The number of aromatic carboxylic acids is 1. The van der Waals surface area contributed by atoms with Crippen molar-refractivity contribution in [2.75, 3.05) is 13.7 Å². The normalized spacial score (nSPS) is 14.8. The number of carboxylic acids is 1. The van der Waals surface area contributed by atoms with Gasteiger partial charge in [0, 0.05) is 12.0 Å². The molecule has 1 aliphatic rings. The number of thioether (sulfide) groups is 1. The van der Waals surface area contributed by atoms with Gasteiger partial charge in [0.25, 0.3) is 5.91 Å². The fourth-order valence-corrected chi connectivity index (χ4v) is 3.79. The summed E-state index contributed by atoms with van der Waals surface area (Å²) < 4.78 is 10.5. The van der Waals surface area contributed by atoms with Crippen molar-refractivity contribution in [1.82, 2.24) is 5.32 Å². The predicted octanol–water partition coefficient (Wildman–Crippen LogP) is 3.42. The van der Waals surface area contributed by atoms with Crippen LogP contribution in [0.1, 0.15) is 39.3 Å². The van der Waals surface area contributed by atoms with Crippen LogP contribution in [-0.2, 0) is 10.5 Å². The van der Waals surface area contributed by atoms with Crippen molar-refractivity contribution in [3.63, 3.8) is 0 Å². The minimum atomic E-state index is -1.02. The molecule has 1 heterocycles. The smallest absolute Gasteiger partial charge is 0.339 e. The topological polar surface area (TPSA) is 88.8 Å². The standard InChI is InChI=1S/C19H21NO5S/c1-24-10-15(12-6-7-12)20-18(21)14-4-2-3-5-17(14)26-11-16-13(19(22)23)8-9-25-16/h2-5,8-9,12,15H,6-7,10-11H2,1H3,(H,20,21)(H,22,23). The lowest BCUT2D eigenvalue weighted by molar-refractivity contribution is 0.0694. The second-order valence-electron chi connectivity index (χ2n) is 6.22. The number of hydrogen-bond donors (Lipinski definition) is 2. The van der Waals surface area contributed by atoms with E-state index in [9.17, 15) is 9.59 Å². The Morgan fingerprint density at radius 1 is 1.31 bits per heavy atom. The van der Waals surface area contributed by atoms with E-state index in [1.54, 1.807) is 13.2 Å². The van der Waals surface area contributed by atoms with Gasteiger partial charge in [0.15, 0.2) is 0 Å². The molecule has 3 rings (SSSR count). The van der Waals surface area contributed by atoms with Crippen LogP contribution < -0.4 is 5.32 Å². The first-order chi connectivity index (χ1) is 12.6. The highest BCUT2D eigenvalue weighted by molar-refractivity contribution is 7.98. The van der Waals surface area contributed by atoms with E-state index in [4.69, 9.17) is 14.3 Å². The summed E-state index contributed by atoms with van der Waals surface area (Å²) in [6.45, 7) is 0.500. The van der Waals surface area contributed by atoms with Gasteiger partial charge in [0.05, 0.1) is 30.2 Å². The molecule has 1 atom stereocenters. The zero-order chi connectivity index (χ0) is 18.5. The fourth-order valence-electron chi connectivity index (χ4n) is 2.79. The molecule has 1 aromatic heterocycles. The van der Waals surface area contributed by atoms with Gasteiger partial charge < -0.3 is 19.6 Å². The largest absolute Gasteiger partial charge is 0.478 e. The molecule has 1 aromatic carbocycles. The van der Waals surface area contributed by atoms with Gasteiger partial charge in [-0.2, -0.15) is 0 Å². The average molecular weight is 375 g/mol. The Labute approximate surface area is 155 Å². The number of hydrogen-bond acceptors (Lipinski definition) is 5. The molecule has 1 fully saturated rings. The van der Waals surface area contributed by atoms with Crippen LogP contribution in [0.5, 0.6) is 0 Å². The van der Waals surface area contributed by atoms with Crippen LogP contribution >= 0.6 is 11.8 Å². The zero-order valence-corrected chi connectivity index (χ0v) is 15.3. The Kier molecular flexibility index (Phi) is 6.00. The maximum absolute atomic E-state index is 12.7. The number of rotatable bonds is 9. The van der Waals surface area contributed by atoms with E-state index in [2.05, 4.69) is 5.32 Å². The summed E-state index contributed by atoms with van der Waals surface area (Å²) in [6.07, 6.45) is 3.59. The van der Waals surface area contributed by atoms with Crippen LogP contribution in [0, 0.1) is 5.92 Å². The average Bonchev–Trinajstić information content (AvgIpc) is 3.37. The van der Waals surface area contributed by atoms with Crippen LogP contribution in [0.4, 0.5) is 0 Å². The van der Waals surface area contributed by atoms with Gasteiger partial charge in [-0.1, -0.05) is 12.1 Å². The lowest BCUT2D eigenvalue weighted by Crippen LogP contribution is -2.39. The number of nitrogens with one attached hydrogen (secondary N) is 1. The third-order valence-corrected chi connectivity index (χ3v) is 5.39. The number of carbonyl (C=O) groups is 2. The molecular weight excluding hydrogens is 354 g/mol. The van der Waals surface area contributed by atoms with Crippen molar-refractivity contribution in [2.45, 2.75) is 29.5 Å². The molecule has 0 spiro atoms. The van der Waals surface area contributed by atoms with Crippen molar-refractivity contribution >= 4 is 23.6 Å². The van der Waals surface area contributed by atoms with E-state index in [1.165, 1.54) is 24.1 Å². The molecule has 1 amide bonds. The van der Waals surface area contributed by atoms with Crippen LogP contribution in [0.2, 0.25) is 0 Å². The Hall–Kier alpha value is -2.25. The van der Waals surface area contributed by atoms with Crippen molar-refractivity contribution < 1.29 is 23.8 Å². The molecule has 1 unspecified atom stereocenters. The minimum absolute atomic E-state index is 0.0224. The van der Waals surface area contributed by atoms with Crippen LogP contribution in [-0.4, -0.2) is 36.7 Å². The highest BCUT2D eigenvalue weighted by atomic mass is 32.2. The second kappa shape index (κ2) is 8.42. The van der Waals surface area contributed by atoms with Gasteiger partial charge in [-0.25, -0.2) is 4.79 Å². The Balaban J connectivity index is 1.70. The first-order valence-electron chi connectivity index (χ1n) is 8.41. The molecule has 7 heteroatoms. The molecule has 1 aliphatic carbocycles. The van der Waals surface area contributed by atoms with Gasteiger partial charge in [-0.05, 0) is 37.0 Å². The van der Waals surface area contributed by atoms with Crippen molar-refractivity contribution in [1.29, 1.82) is 0 Å². The van der Waals surface area contributed by atoms with Gasteiger partial charge in [-0.15, -0.1) is 11.8 Å². The van der Waals surface area contributed by atoms with E-state index in [0.717, 1.165) is 17.7 Å². The number of benzene rings is 1. The summed E-state index contributed by atoms with van der Waals surface area (Å²) >= 11 is 1.38. The summed E-state index contributed by atoms with van der Waals surface area (Å²) in [7, 11) is 1.63. The molecule has 0 bridgehead atoms. The van der Waals surface area contributed by atoms with Crippen LogP contribution in [0.3, 0.4) is 0 Å². The third-order valence-electron chi connectivity index (χ3n) is 4.32. The number of ether oxygens (including phenoxy) is 1. The fraction of sp³-hybridized carbons (Fsp3) is 0.368. The highest BCUT2D eigenvalue weighted by Crippen LogP contribution is 2.33. The third kappa shape index (κ3) is 4.47. The van der Waals surface area contributed by atoms with Crippen molar-refractivity contribution in [3.05, 3.63) is 53.5 Å². The van der Waals surface area contributed by atoms with Crippen molar-refractivity contribution in [2.24, 2.45) is 5.92 Å². The SMILES string of the molecule is COCC(NC(=O)c1ccccc1SCc1occc1C(=O)O)C1CC1. The summed E-state index contributed by atoms with van der Waals surface area (Å²) in [6, 6.07) is 8.75. The van der Waals surface area contributed by atoms with E-state index in [0.29, 0.717) is 29.6 Å². The minimum Gasteiger partial charge on any atom is -0.478 e. The van der Waals surface area contributed by atoms with E-state index < -0.39 is 5.97 Å². The van der Waals surface area contributed by atoms with Crippen molar-refractivity contribution in [3.8, 4) is 0 Å². The first kappa shape index (κ1) is 18.5. The Bertz CT molecular complexity index is 784. The molecule has 138 valence electrons. The molecule has 0 radical (unpaired) electrons. The molecular formula is C19H21NO5S. The zero-order valence-electron chi connectivity index (χ0n) is 14.4. The molecule has 1 saturated carbocycles. The quantitative estimate of drug-likeness (QED) is 0.653. The number of carbonyl (C=O) groups excluding carboxylic acids is 1. The maximum Gasteiger partial charge on any atom is 0.339 e. The van der Waals surface area contributed by atoms with Gasteiger partial charge in [0.1, 0.15) is 11.3 Å². The van der Waals surface area contributed by atoms with Crippen LogP contribution in [0.15, 0.2) is 45.9 Å². The van der Waals surface area contributed by atoms with Gasteiger partial charge in [0.2, 0.25) is 0 Å². The number of furan rings is 1. The molecule has 0 saturated heterocycles. The van der Waals surface area contributed by atoms with E-state index in [1.807, 2.05) is 18.2 Å². The number of amides is 1. The Morgan fingerprint density at radius 2 is 2.08 bits per heavy atom. The van der Waals surface area contributed by atoms with Crippen LogP contribution in [0.25, 0.3) is 0 Å². The van der Waals surface area contributed by atoms with Gasteiger partial charge >= 0.3 is 5.97 Å². The molecule has 0 aliphatic heterocycles. The predicted molar refractivity (Wildman–Crippen MR) is 97.5 cm³/mol. The van der Waals surface area contributed by atoms with Gasteiger partial charge in [-0.3, -0.25) is 4.79 Å². The summed E-state index contributed by atoms with van der Waals surface area (Å²) in [4.78, 5) is 24.7. The number of methoxy groups -OCH3 is 1. The number of carboxylic acid groups (broad SMARTS) is 1. The van der Waals surface area contributed by atoms with E-state index in [-0.39, 0.29) is 17.5 Å². The molecule has 2 aromatic rings. The molecule has 2 N–H and O–H groups in total. The molecule has 26 heavy (non-hydrogen) atoms. The lowest BCUT2D eigenvalue weighted by Gasteiger charge is -2.18. The summed E-state index contributed by atoms with van der Waals surface area (Å²) in [5.41, 5.74) is 0.719. The molecule has 6 nitrogen and oxygen atoms in total. The lowest BCUT2D eigenvalue weighted by atomic mass is 10.1. The highest BCUT2D eigenvalue weighted by Gasteiger charge is 2.32. The second-order valence-corrected chi connectivity index (χ2v) is 7.24. The van der Waals surface area contributed by atoms with E-state index >= 15 is 0 Å². The maximum atomic E-state index is 12.7. The summed E-state index contributed by atoms with van der Waals surface area (Å²) in [5, 5.41) is 12.2. The first-order valence-corrected chi connectivity index (χ1v) is 9.40. The Morgan fingerprint density at radius 3 is 2.77 bits per heavy atom. The summed E-state index contributed by atoms with van der Waals surface area (Å²) in [5.74, 6) is 0.0448.